The minimum Gasteiger partial charge on any atom is -0.366 e. The topological polar surface area (TPSA) is 67.4 Å². The highest BCUT2D eigenvalue weighted by Crippen LogP contribution is 2.30. The van der Waals surface area contributed by atoms with Gasteiger partial charge in [-0.05, 0) is 37.2 Å². The fraction of sp³-hybridized carbons (Fsp3) is 0.333. The van der Waals surface area contributed by atoms with Crippen LogP contribution < -0.4 is 5.73 Å². The molecule has 2 fully saturated rings. The lowest BCUT2D eigenvalue weighted by atomic mass is 10.1. The van der Waals surface area contributed by atoms with Gasteiger partial charge in [-0.2, -0.15) is 5.10 Å². The van der Waals surface area contributed by atoms with E-state index in [0.29, 0.717) is 17.1 Å². The van der Waals surface area contributed by atoms with Gasteiger partial charge in [-0.1, -0.05) is 24.3 Å². The lowest BCUT2D eigenvalue weighted by molar-refractivity contribution is 0.100. The number of nitrogens with zero attached hydrogens (tertiary/aromatic N) is 4. The van der Waals surface area contributed by atoms with E-state index < -0.39 is 5.91 Å². The molecule has 2 aliphatic heterocycles. The predicted molar refractivity (Wildman–Crippen MR) is 105 cm³/mol. The van der Waals surface area contributed by atoms with Crippen LogP contribution in [0.3, 0.4) is 0 Å². The first-order chi connectivity index (χ1) is 13.1. The summed E-state index contributed by atoms with van der Waals surface area (Å²) < 4.78 is 1.81. The lowest BCUT2D eigenvalue weighted by Crippen LogP contribution is -2.43. The van der Waals surface area contributed by atoms with Crippen molar-refractivity contribution in [2.75, 3.05) is 20.1 Å². The van der Waals surface area contributed by atoms with Crippen molar-refractivity contribution in [3.05, 3.63) is 59.8 Å². The quantitative estimate of drug-likeness (QED) is 0.772. The van der Waals surface area contributed by atoms with Crippen LogP contribution in [-0.4, -0.2) is 57.7 Å². The molecule has 1 amide bonds. The number of primary amides is 1. The Morgan fingerprint density at radius 1 is 1.15 bits per heavy atom. The Hall–Kier alpha value is -2.70. The largest absolute Gasteiger partial charge is 0.366 e. The number of carbonyl (C=O) groups excluding carboxylic acids is 1. The Kier molecular flexibility index (Phi) is 3.77. The molecule has 2 bridgehead atoms. The Labute approximate surface area is 158 Å². The molecule has 2 saturated heterocycles. The second kappa shape index (κ2) is 6.18. The van der Waals surface area contributed by atoms with Crippen molar-refractivity contribution >= 4 is 16.8 Å². The number of amides is 1. The van der Waals surface area contributed by atoms with Crippen LogP contribution in [0.25, 0.3) is 16.6 Å². The summed E-state index contributed by atoms with van der Waals surface area (Å²) in [7, 11) is 2.23. The number of hydrogen-bond donors (Lipinski definition) is 1. The van der Waals surface area contributed by atoms with Crippen LogP contribution >= 0.6 is 0 Å². The second-order valence-electron chi connectivity index (χ2n) is 7.76. The molecule has 2 atom stereocenters. The maximum atomic E-state index is 11.6. The first-order valence-corrected chi connectivity index (χ1v) is 9.40. The first-order valence-electron chi connectivity index (χ1n) is 9.40. The summed E-state index contributed by atoms with van der Waals surface area (Å²) in [5.74, 6) is -0.452. The van der Waals surface area contributed by atoms with Crippen molar-refractivity contribution in [2.24, 2.45) is 5.73 Å². The van der Waals surface area contributed by atoms with Crippen molar-refractivity contribution in [1.82, 2.24) is 19.6 Å². The fourth-order valence-electron chi connectivity index (χ4n) is 4.51. The molecule has 27 heavy (non-hydrogen) atoms. The number of likely N-dealkylation sites (N-methyl/N-ethyl adjacent to an activating group) is 1. The minimum atomic E-state index is -0.452. The Morgan fingerprint density at radius 3 is 2.63 bits per heavy atom. The summed E-state index contributed by atoms with van der Waals surface area (Å²) in [6.45, 7) is 3.36. The number of benzene rings is 2. The highest BCUT2D eigenvalue weighted by Gasteiger charge is 2.40. The Bertz CT molecular complexity index is 1010. The van der Waals surface area contributed by atoms with Gasteiger partial charge < -0.3 is 10.6 Å². The normalized spacial score (nSPS) is 22.7. The monoisotopic (exact) mass is 361 g/mol. The van der Waals surface area contributed by atoms with Crippen molar-refractivity contribution < 1.29 is 4.79 Å². The number of likely N-dealkylation sites (tertiary alicyclic amines) is 2. The van der Waals surface area contributed by atoms with Gasteiger partial charge in [0.25, 0.3) is 5.91 Å². The molecule has 138 valence electrons. The highest BCUT2D eigenvalue weighted by molar-refractivity contribution is 6.04. The van der Waals surface area contributed by atoms with E-state index in [4.69, 9.17) is 5.73 Å². The van der Waals surface area contributed by atoms with Gasteiger partial charge in [-0.3, -0.25) is 9.69 Å². The van der Waals surface area contributed by atoms with Crippen molar-refractivity contribution in [3.8, 4) is 5.69 Å². The standard InChI is InChI=1S/C21H23N5O/c1-24-12-18-9-17(24)13-25(18)10-14-5-7-16(8-6-14)26-11-15-3-2-4-19(21(22)27)20(15)23-26/h2-8,11,17-18H,9-10,12-13H2,1H3,(H2,22,27)/t17-,18-/m0/s1. The summed E-state index contributed by atoms with van der Waals surface area (Å²) in [5.41, 5.74) is 8.87. The van der Waals surface area contributed by atoms with Gasteiger partial charge in [-0.25, -0.2) is 4.68 Å². The van der Waals surface area contributed by atoms with E-state index in [1.54, 1.807) is 6.07 Å². The number of rotatable bonds is 4. The summed E-state index contributed by atoms with van der Waals surface area (Å²) in [5, 5.41) is 5.49. The summed E-state index contributed by atoms with van der Waals surface area (Å²) in [6, 6.07) is 15.4. The average Bonchev–Trinajstić information content (AvgIpc) is 3.35. The Morgan fingerprint density at radius 2 is 1.96 bits per heavy atom. The van der Waals surface area contributed by atoms with Crippen molar-refractivity contribution in [1.29, 1.82) is 0 Å². The van der Waals surface area contributed by atoms with Crippen molar-refractivity contribution in [3.63, 3.8) is 0 Å². The van der Waals surface area contributed by atoms with E-state index in [0.717, 1.165) is 23.7 Å². The molecular formula is C21H23N5O. The third-order valence-corrected chi connectivity index (χ3v) is 6.02. The molecule has 3 heterocycles. The summed E-state index contributed by atoms with van der Waals surface area (Å²) in [6.07, 6.45) is 3.24. The average molecular weight is 361 g/mol. The zero-order valence-corrected chi connectivity index (χ0v) is 15.4. The molecule has 6 nitrogen and oxygen atoms in total. The molecule has 0 unspecified atom stereocenters. The maximum Gasteiger partial charge on any atom is 0.250 e. The van der Waals surface area contributed by atoms with Crippen LogP contribution in [0.5, 0.6) is 0 Å². The van der Waals surface area contributed by atoms with E-state index in [1.807, 2.05) is 23.0 Å². The van der Waals surface area contributed by atoms with E-state index in [-0.39, 0.29) is 0 Å². The van der Waals surface area contributed by atoms with Gasteiger partial charge in [-0.15, -0.1) is 0 Å². The smallest absolute Gasteiger partial charge is 0.250 e. The van der Waals surface area contributed by atoms with Gasteiger partial charge in [0.05, 0.1) is 11.3 Å². The maximum absolute atomic E-state index is 11.6. The molecule has 6 heteroatoms. The molecule has 0 saturated carbocycles. The minimum absolute atomic E-state index is 0.452. The number of nitrogens with two attached hydrogens (primary N) is 1. The van der Waals surface area contributed by atoms with E-state index in [2.05, 4.69) is 46.2 Å². The van der Waals surface area contributed by atoms with Crippen LogP contribution in [0.1, 0.15) is 22.3 Å². The van der Waals surface area contributed by atoms with Gasteiger partial charge in [0.15, 0.2) is 0 Å². The number of carbonyl (C=O) groups is 1. The predicted octanol–water partition coefficient (Wildman–Crippen LogP) is 2.01. The molecule has 5 rings (SSSR count). The molecule has 0 spiro atoms. The zero-order valence-electron chi connectivity index (χ0n) is 15.4. The van der Waals surface area contributed by atoms with E-state index in [9.17, 15) is 4.79 Å². The fourth-order valence-corrected chi connectivity index (χ4v) is 4.51. The highest BCUT2D eigenvalue weighted by atomic mass is 16.1. The SMILES string of the molecule is CN1C[C@@H]2C[C@H]1CN2Cc1ccc(-n2cc3cccc(C(N)=O)c3n2)cc1. The summed E-state index contributed by atoms with van der Waals surface area (Å²) >= 11 is 0. The Balaban J connectivity index is 1.37. The third-order valence-electron chi connectivity index (χ3n) is 6.02. The van der Waals surface area contributed by atoms with Crippen LogP contribution in [0.2, 0.25) is 0 Å². The molecule has 0 radical (unpaired) electrons. The molecular weight excluding hydrogens is 338 g/mol. The lowest BCUT2D eigenvalue weighted by Gasteiger charge is -2.31. The van der Waals surface area contributed by atoms with Gasteiger partial charge >= 0.3 is 0 Å². The number of piperazine rings is 1. The van der Waals surface area contributed by atoms with Gasteiger partial charge in [0, 0.05) is 43.3 Å². The van der Waals surface area contributed by atoms with Crippen LogP contribution in [0, 0.1) is 0 Å². The molecule has 2 aliphatic rings. The van der Waals surface area contributed by atoms with Gasteiger partial charge in [0.1, 0.15) is 5.52 Å². The number of aromatic nitrogens is 2. The molecule has 1 aromatic heterocycles. The summed E-state index contributed by atoms with van der Waals surface area (Å²) in [4.78, 5) is 16.7. The van der Waals surface area contributed by atoms with Crippen molar-refractivity contribution in [2.45, 2.75) is 25.0 Å². The second-order valence-corrected chi connectivity index (χ2v) is 7.76. The molecule has 2 aromatic carbocycles. The zero-order chi connectivity index (χ0) is 18.5. The van der Waals surface area contributed by atoms with E-state index >= 15 is 0 Å². The first kappa shape index (κ1) is 16.5. The molecule has 2 N–H and O–H groups in total. The van der Waals surface area contributed by atoms with E-state index in [1.165, 1.54) is 25.1 Å². The van der Waals surface area contributed by atoms with Crippen LogP contribution in [0.4, 0.5) is 0 Å². The van der Waals surface area contributed by atoms with Crippen LogP contribution in [-0.2, 0) is 6.54 Å². The molecule has 0 aliphatic carbocycles. The van der Waals surface area contributed by atoms with Crippen LogP contribution in [0.15, 0.2) is 48.7 Å². The number of fused-ring (bicyclic) bond motifs is 3. The molecule has 3 aromatic rings. The van der Waals surface area contributed by atoms with Gasteiger partial charge in [0.2, 0.25) is 0 Å². The third kappa shape index (κ3) is 2.81. The number of hydrogen-bond acceptors (Lipinski definition) is 4.